The van der Waals surface area contributed by atoms with E-state index in [-0.39, 0.29) is 11.7 Å². The molecule has 0 unspecified atom stereocenters. The first-order chi connectivity index (χ1) is 11.2. The van der Waals surface area contributed by atoms with Gasteiger partial charge >= 0.3 is 0 Å². The lowest BCUT2D eigenvalue weighted by atomic mass is 9.89. The lowest BCUT2D eigenvalue weighted by molar-refractivity contribution is -0.115. The Morgan fingerprint density at radius 1 is 1.17 bits per heavy atom. The minimum absolute atomic E-state index is 0.0641. The van der Waals surface area contributed by atoms with Crippen molar-refractivity contribution in [1.29, 1.82) is 0 Å². The number of ether oxygens (including phenoxy) is 2. The van der Waals surface area contributed by atoms with Gasteiger partial charge in [-0.3, -0.25) is 4.79 Å². The first-order valence-corrected chi connectivity index (χ1v) is 7.45. The van der Waals surface area contributed by atoms with Gasteiger partial charge in [0.15, 0.2) is 5.78 Å². The molecule has 0 spiro atoms. The highest BCUT2D eigenvalue weighted by atomic mass is 16.5. The number of methoxy groups -OCH3 is 2. The van der Waals surface area contributed by atoms with Gasteiger partial charge in [-0.25, -0.2) is 0 Å². The van der Waals surface area contributed by atoms with Crippen molar-refractivity contribution in [2.75, 3.05) is 19.5 Å². The van der Waals surface area contributed by atoms with E-state index < -0.39 is 0 Å². The van der Waals surface area contributed by atoms with Gasteiger partial charge in [-0.15, -0.1) is 0 Å². The van der Waals surface area contributed by atoms with Crippen LogP contribution in [-0.2, 0) is 4.79 Å². The van der Waals surface area contributed by atoms with Gasteiger partial charge in [-0.1, -0.05) is 0 Å². The fourth-order valence-corrected chi connectivity index (χ4v) is 2.78. The Labute approximate surface area is 134 Å². The number of carbonyl (C=O) groups is 1. The number of hydrogen-bond acceptors (Lipinski definition) is 5. The number of anilines is 1. The van der Waals surface area contributed by atoms with Crippen LogP contribution in [0.5, 0.6) is 11.5 Å². The van der Waals surface area contributed by atoms with Gasteiger partial charge in [0.2, 0.25) is 0 Å². The van der Waals surface area contributed by atoms with Gasteiger partial charge in [0.25, 0.3) is 0 Å². The zero-order chi connectivity index (χ0) is 16.2. The summed E-state index contributed by atoms with van der Waals surface area (Å²) in [6, 6.07) is 9.28. The maximum absolute atomic E-state index is 12.0. The van der Waals surface area contributed by atoms with Gasteiger partial charge < -0.3 is 19.2 Å². The van der Waals surface area contributed by atoms with Crippen LogP contribution in [0, 0.1) is 0 Å². The quantitative estimate of drug-likeness (QED) is 0.911. The molecule has 1 aromatic heterocycles. The van der Waals surface area contributed by atoms with Crippen LogP contribution < -0.4 is 14.8 Å². The zero-order valence-corrected chi connectivity index (χ0v) is 13.2. The highest BCUT2D eigenvalue weighted by Gasteiger charge is 2.24. The maximum Gasteiger partial charge on any atom is 0.158 e. The van der Waals surface area contributed by atoms with E-state index >= 15 is 0 Å². The highest BCUT2D eigenvalue weighted by Crippen LogP contribution is 2.35. The molecule has 0 radical (unpaired) electrons. The lowest BCUT2D eigenvalue weighted by Crippen LogP contribution is -2.16. The second-order valence-corrected chi connectivity index (χ2v) is 5.45. The first-order valence-electron chi connectivity index (χ1n) is 7.45. The fourth-order valence-electron chi connectivity index (χ4n) is 2.78. The third kappa shape index (κ3) is 3.39. The summed E-state index contributed by atoms with van der Waals surface area (Å²) in [6.45, 7) is 0. The monoisotopic (exact) mass is 313 g/mol. The van der Waals surface area contributed by atoms with E-state index in [0.29, 0.717) is 18.6 Å². The summed E-state index contributed by atoms with van der Waals surface area (Å²) in [7, 11) is 3.21. The Balaban J connectivity index is 1.80. The molecule has 1 aliphatic rings. The number of benzene rings is 1. The van der Waals surface area contributed by atoms with Crippen LogP contribution in [0.15, 0.2) is 52.8 Å². The van der Waals surface area contributed by atoms with Crippen molar-refractivity contribution in [3.05, 3.63) is 54.1 Å². The number of carbonyl (C=O) groups excluding carboxylic acids is 1. The average molecular weight is 313 g/mol. The molecule has 0 saturated heterocycles. The van der Waals surface area contributed by atoms with E-state index in [1.165, 1.54) is 0 Å². The molecule has 0 bridgehead atoms. The van der Waals surface area contributed by atoms with Crippen molar-refractivity contribution in [2.24, 2.45) is 0 Å². The summed E-state index contributed by atoms with van der Waals surface area (Å²) >= 11 is 0. The van der Waals surface area contributed by atoms with Crippen molar-refractivity contribution in [2.45, 2.75) is 18.8 Å². The Hall–Kier alpha value is -2.69. The SMILES string of the molecule is COc1ccc(NC2=CC(=O)C[C@@H](c3ccco3)C2)c(OC)c1. The summed E-state index contributed by atoms with van der Waals surface area (Å²) in [5.74, 6) is 2.38. The molecule has 1 heterocycles. The largest absolute Gasteiger partial charge is 0.497 e. The van der Waals surface area contributed by atoms with Gasteiger partial charge in [-0.2, -0.15) is 0 Å². The predicted octanol–water partition coefficient (Wildman–Crippen LogP) is 3.74. The molecule has 2 aromatic rings. The molecule has 5 nitrogen and oxygen atoms in total. The smallest absolute Gasteiger partial charge is 0.158 e. The predicted molar refractivity (Wildman–Crippen MR) is 86.9 cm³/mol. The van der Waals surface area contributed by atoms with Crippen LogP contribution >= 0.6 is 0 Å². The van der Waals surface area contributed by atoms with Crippen molar-refractivity contribution in [3.63, 3.8) is 0 Å². The van der Waals surface area contributed by atoms with E-state index in [0.717, 1.165) is 22.9 Å². The number of rotatable bonds is 5. The van der Waals surface area contributed by atoms with Crippen LogP contribution in [0.4, 0.5) is 5.69 Å². The molecule has 0 amide bonds. The van der Waals surface area contributed by atoms with Gasteiger partial charge in [0.1, 0.15) is 17.3 Å². The Kier molecular flexibility index (Phi) is 4.37. The lowest BCUT2D eigenvalue weighted by Gasteiger charge is -2.22. The van der Waals surface area contributed by atoms with Crippen LogP contribution in [0.2, 0.25) is 0 Å². The molecule has 0 aliphatic heterocycles. The average Bonchev–Trinajstić information content (AvgIpc) is 3.09. The van der Waals surface area contributed by atoms with Crippen molar-refractivity contribution >= 4 is 11.5 Å². The minimum atomic E-state index is 0.0641. The molecule has 120 valence electrons. The third-order valence-corrected chi connectivity index (χ3v) is 3.90. The Morgan fingerprint density at radius 2 is 2.04 bits per heavy atom. The number of furan rings is 1. The summed E-state index contributed by atoms with van der Waals surface area (Å²) in [6.07, 6.45) is 4.48. The second kappa shape index (κ2) is 6.60. The van der Waals surface area contributed by atoms with E-state index in [1.54, 1.807) is 32.6 Å². The molecule has 0 saturated carbocycles. The molecule has 1 aromatic carbocycles. The van der Waals surface area contributed by atoms with Crippen LogP contribution in [0.25, 0.3) is 0 Å². The summed E-state index contributed by atoms with van der Waals surface area (Å²) in [4.78, 5) is 12.0. The number of ketones is 1. The van der Waals surface area contributed by atoms with Crippen molar-refractivity contribution < 1.29 is 18.7 Å². The standard InChI is InChI=1S/C18H19NO4/c1-21-15-5-6-16(18(11-15)22-2)19-13-8-12(9-14(20)10-13)17-4-3-7-23-17/h3-7,10-12,19H,8-9H2,1-2H3/t12-/m0/s1. The topological polar surface area (TPSA) is 60.7 Å². The number of nitrogens with one attached hydrogen (secondary N) is 1. The summed E-state index contributed by atoms with van der Waals surface area (Å²) in [5.41, 5.74) is 1.65. The van der Waals surface area contributed by atoms with Gasteiger partial charge in [-0.05, 0) is 30.7 Å². The third-order valence-electron chi connectivity index (χ3n) is 3.90. The number of hydrogen-bond donors (Lipinski definition) is 1. The van der Waals surface area contributed by atoms with E-state index in [9.17, 15) is 4.79 Å². The molecule has 3 rings (SSSR count). The van der Waals surface area contributed by atoms with E-state index in [2.05, 4.69) is 5.32 Å². The molecule has 1 aliphatic carbocycles. The van der Waals surface area contributed by atoms with Crippen LogP contribution in [0.1, 0.15) is 24.5 Å². The molecule has 1 N–H and O–H groups in total. The Morgan fingerprint density at radius 3 is 2.74 bits per heavy atom. The van der Waals surface area contributed by atoms with Crippen molar-refractivity contribution in [3.8, 4) is 11.5 Å². The molecular formula is C18H19NO4. The number of allylic oxidation sites excluding steroid dienone is 2. The second-order valence-electron chi connectivity index (χ2n) is 5.45. The molecule has 0 fully saturated rings. The normalized spacial score (nSPS) is 17.6. The van der Waals surface area contributed by atoms with Crippen molar-refractivity contribution in [1.82, 2.24) is 0 Å². The molecular weight excluding hydrogens is 294 g/mol. The van der Waals surface area contributed by atoms with E-state index in [4.69, 9.17) is 13.9 Å². The first kappa shape index (κ1) is 15.2. The Bertz CT molecular complexity index is 719. The van der Waals surface area contributed by atoms with Crippen LogP contribution in [0.3, 0.4) is 0 Å². The fraction of sp³-hybridized carbons (Fsp3) is 0.278. The highest BCUT2D eigenvalue weighted by molar-refractivity contribution is 5.92. The van der Waals surface area contributed by atoms with Gasteiger partial charge in [0, 0.05) is 30.2 Å². The summed E-state index contributed by atoms with van der Waals surface area (Å²) < 4.78 is 16.0. The molecule has 1 atom stereocenters. The van der Waals surface area contributed by atoms with Crippen LogP contribution in [-0.4, -0.2) is 20.0 Å². The van der Waals surface area contributed by atoms with Gasteiger partial charge in [0.05, 0.1) is 26.2 Å². The zero-order valence-electron chi connectivity index (χ0n) is 13.2. The van der Waals surface area contributed by atoms with E-state index in [1.807, 2.05) is 24.3 Å². The molecule has 5 heteroatoms. The maximum atomic E-state index is 12.0. The minimum Gasteiger partial charge on any atom is -0.497 e. The molecule has 23 heavy (non-hydrogen) atoms. The summed E-state index contributed by atoms with van der Waals surface area (Å²) in [5, 5.41) is 3.29.